The number of hydrogen-bond acceptors (Lipinski definition) is 4. The molecule has 0 saturated carbocycles. The molecule has 0 N–H and O–H groups in total. The van der Waals surface area contributed by atoms with Gasteiger partial charge in [0, 0.05) is 29.9 Å². The molecule has 6 nitrogen and oxygen atoms in total. The van der Waals surface area contributed by atoms with Gasteiger partial charge in [-0.2, -0.15) is 0 Å². The zero-order valence-corrected chi connectivity index (χ0v) is 15.7. The summed E-state index contributed by atoms with van der Waals surface area (Å²) >= 11 is 0. The summed E-state index contributed by atoms with van der Waals surface area (Å²) in [5, 5.41) is 0. The number of ketones is 1. The molecule has 0 bridgehead atoms. The predicted octanol–water partition coefficient (Wildman–Crippen LogP) is 2.26. The number of hydrogen-bond donors (Lipinski definition) is 0. The number of esters is 1. The molecule has 1 unspecified atom stereocenters. The Kier molecular flexibility index (Phi) is 6.62. The van der Waals surface area contributed by atoms with Crippen molar-refractivity contribution in [1.82, 2.24) is 9.47 Å². The van der Waals surface area contributed by atoms with E-state index in [2.05, 4.69) is 5.92 Å². The zero-order valence-electron chi connectivity index (χ0n) is 15.7. The van der Waals surface area contributed by atoms with Crippen molar-refractivity contribution in [2.24, 2.45) is 0 Å². The standard InChI is InChI=1S/C20H26N2O4/c1-5-8-19(24)22-11-7-9-17(22)20(25)26-13-18(23)16-12-14(3)21(10-6-2)15(16)4/h2,12,17H,5,7-11,13H2,1,3-4H3. The smallest absolute Gasteiger partial charge is 0.329 e. The summed E-state index contributed by atoms with van der Waals surface area (Å²) in [4.78, 5) is 38.5. The van der Waals surface area contributed by atoms with Gasteiger partial charge in [-0.05, 0) is 39.2 Å². The third-order valence-corrected chi connectivity index (χ3v) is 4.78. The van der Waals surface area contributed by atoms with Gasteiger partial charge in [0.1, 0.15) is 6.04 Å². The first-order valence-corrected chi connectivity index (χ1v) is 9.00. The van der Waals surface area contributed by atoms with Crippen LogP contribution < -0.4 is 0 Å². The van der Waals surface area contributed by atoms with Gasteiger partial charge >= 0.3 is 5.97 Å². The van der Waals surface area contributed by atoms with Crippen molar-refractivity contribution in [3.05, 3.63) is 23.0 Å². The van der Waals surface area contributed by atoms with E-state index in [0.717, 1.165) is 24.2 Å². The number of aryl methyl sites for hydroxylation is 1. The van der Waals surface area contributed by atoms with Crippen molar-refractivity contribution in [3.8, 4) is 12.3 Å². The van der Waals surface area contributed by atoms with Crippen LogP contribution in [0.5, 0.6) is 0 Å². The van der Waals surface area contributed by atoms with Gasteiger partial charge in [0.25, 0.3) is 0 Å². The van der Waals surface area contributed by atoms with Crippen LogP contribution in [0.4, 0.5) is 0 Å². The van der Waals surface area contributed by atoms with Crippen LogP contribution in [0, 0.1) is 26.2 Å². The van der Waals surface area contributed by atoms with E-state index in [-0.39, 0.29) is 18.3 Å². The molecule has 2 heterocycles. The quantitative estimate of drug-likeness (QED) is 0.426. The number of aromatic nitrogens is 1. The monoisotopic (exact) mass is 358 g/mol. The molecule has 1 amide bonds. The molecule has 2 rings (SSSR count). The average Bonchev–Trinajstić information content (AvgIpc) is 3.20. The van der Waals surface area contributed by atoms with E-state index in [0.29, 0.717) is 31.5 Å². The Balaban J connectivity index is 1.99. The van der Waals surface area contributed by atoms with Crippen molar-refractivity contribution in [3.63, 3.8) is 0 Å². The van der Waals surface area contributed by atoms with Gasteiger partial charge in [0.2, 0.25) is 11.7 Å². The SMILES string of the molecule is C#CCn1c(C)cc(C(=O)COC(=O)C2CCCN2C(=O)CCC)c1C. The van der Waals surface area contributed by atoms with Gasteiger partial charge in [0.05, 0.1) is 6.54 Å². The molecule has 1 fully saturated rings. The molecule has 0 aromatic carbocycles. The molecular formula is C20H26N2O4. The summed E-state index contributed by atoms with van der Waals surface area (Å²) in [6.45, 7) is 6.26. The molecule has 0 aliphatic carbocycles. The fourth-order valence-corrected chi connectivity index (χ4v) is 3.40. The van der Waals surface area contributed by atoms with E-state index >= 15 is 0 Å². The topological polar surface area (TPSA) is 68.6 Å². The first kappa shape index (κ1) is 19.8. The lowest BCUT2D eigenvalue weighted by atomic mass is 10.1. The number of carbonyl (C=O) groups is 3. The maximum atomic E-state index is 12.4. The summed E-state index contributed by atoms with van der Waals surface area (Å²) in [5.41, 5.74) is 2.17. The van der Waals surface area contributed by atoms with Crippen LogP contribution in [0.1, 0.15) is 54.4 Å². The normalized spacial score (nSPS) is 16.4. The fourth-order valence-electron chi connectivity index (χ4n) is 3.40. The second kappa shape index (κ2) is 8.70. The molecule has 1 saturated heterocycles. The molecule has 1 aliphatic rings. The average molecular weight is 358 g/mol. The number of rotatable bonds is 7. The van der Waals surface area contributed by atoms with Gasteiger partial charge in [-0.15, -0.1) is 6.42 Å². The maximum absolute atomic E-state index is 12.4. The number of terminal acetylenes is 1. The lowest BCUT2D eigenvalue weighted by molar-refractivity contribution is -0.152. The van der Waals surface area contributed by atoms with Gasteiger partial charge in [-0.1, -0.05) is 12.8 Å². The Morgan fingerprint density at radius 2 is 2.08 bits per heavy atom. The Hall–Kier alpha value is -2.55. The van der Waals surface area contributed by atoms with Crippen LogP contribution in [0.15, 0.2) is 6.07 Å². The molecule has 1 aromatic heterocycles. The number of likely N-dealkylation sites (tertiary alicyclic amines) is 1. The highest BCUT2D eigenvalue weighted by Crippen LogP contribution is 2.21. The lowest BCUT2D eigenvalue weighted by Gasteiger charge is -2.23. The number of carbonyl (C=O) groups excluding carboxylic acids is 3. The summed E-state index contributed by atoms with van der Waals surface area (Å²) in [6, 6.07) is 1.19. The van der Waals surface area contributed by atoms with Crippen LogP contribution in [0.3, 0.4) is 0 Å². The number of nitrogens with zero attached hydrogens (tertiary/aromatic N) is 2. The molecule has 6 heteroatoms. The van der Waals surface area contributed by atoms with Gasteiger partial charge in [-0.25, -0.2) is 4.79 Å². The van der Waals surface area contributed by atoms with E-state index in [1.54, 1.807) is 11.0 Å². The van der Waals surface area contributed by atoms with E-state index < -0.39 is 12.0 Å². The first-order valence-electron chi connectivity index (χ1n) is 9.00. The highest BCUT2D eigenvalue weighted by molar-refractivity contribution is 5.99. The highest BCUT2D eigenvalue weighted by Gasteiger charge is 2.35. The lowest BCUT2D eigenvalue weighted by Crippen LogP contribution is -2.41. The molecular weight excluding hydrogens is 332 g/mol. The molecule has 1 aromatic rings. The zero-order chi connectivity index (χ0) is 19.3. The Labute approximate surface area is 154 Å². The molecule has 140 valence electrons. The van der Waals surface area contributed by atoms with E-state index in [1.807, 2.05) is 25.3 Å². The minimum Gasteiger partial charge on any atom is -0.456 e. The van der Waals surface area contributed by atoms with Crippen molar-refractivity contribution < 1.29 is 19.1 Å². The second-order valence-electron chi connectivity index (χ2n) is 6.60. The van der Waals surface area contributed by atoms with Gasteiger partial charge in [-0.3, -0.25) is 9.59 Å². The van der Waals surface area contributed by atoms with E-state index in [1.165, 1.54) is 0 Å². The number of Topliss-reactive ketones (excluding diaryl/α,β-unsaturated/α-hetero) is 1. The van der Waals surface area contributed by atoms with Crippen LogP contribution >= 0.6 is 0 Å². The number of ether oxygens (including phenoxy) is 1. The number of amides is 1. The molecule has 1 atom stereocenters. The Bertz CT molecular complexity index is 742. The van der Waals surface area contributed by atoms with Gasteiger partial charge < -0.3 is 14.2 Å². The first-order chi connectivity index (χ1) is 12.4. The summed E-state index contributed by atoms with van der Waals surface area (Å²) < 4.78 is 7.11. The van der Waals surface area contributed by atoms with Crippen LogP contribution in [0.2, 0.25) is 0 Å². The summed E-state index contributed by atoms with van der Waals surface area (Å²) in [6.07, 6.45) is 7.87. The highest BCUT2D eigenvalue weighted by atomic mass is 16.5. The van der Waals surface area contributed by atoms with Crippen molar-refractivity contribution in [1.29, 1.82) is 0 Å². The van der Waals surface area contributed by atoms with Crippen molar-refractivity contribution in [2.75, 3.05) is 13.2 Å². The summed E-state index contributed by atoms with van der Waals surface area (Å²) in [7, 11) is 0. The Morgan fingerprint density at radius 1 is 1.35 bits per heavy atom. The summed E-state index contributed by atoms with van der Waals surface area (Å²) in [5.74, 6) is 1.76. The maximum Gasteiger partial charge on any atom is 0.329 e. The largest absolute Gasteiger partial charge is 0.456 e. The third kappa shape index (κ3) is 4.16. The fraction of sp³-hybridized carbons (Fsp3) is 0.550. The van der Waals surface area contributed by atoms with Crippen LogP contribution in [-0.4, -0.2) is 46.3 Å². The second-order valence-corrected chi connectivity index (χ2v) is 6.60. The van der Waals surface area contributed by atoms with E-state index in [9.17, 15) is 14.4 Å². The Morgan fingerprint density at radius 3 is 2.73 bits per heavy atom. The molecule has 0 spiro atoms. The minimum atomic E-state index is -0.573. The molecule has 0 radical (unpaired) electrons. The third-order valence-electron chi connectivity index (χ3n) is 4.78. The van der Waals surface area contributed by atoms with Crippen LogP contribution in [-0.2, 0) is 20.9 Å². The molecule has 1 aliphatic heterocycles. The predicted molar refractivity (Wildman–Crippen MR) is 97.7 cm³/mol. The van der Waals surface area contributed by atoms with E-state index in [4.69, 9.17) is 11.2 Å². The van der Waals surface area contributed by atoms with Crippen molar-refractivity contribution in [2.45, 2.75) is 59.0 Å². The van der Waals surface area contributed by atoms with Crippen molar-refractivity contribution >= 4 is 17.7 Å². The van der Waals surface area contributed by atoms with Gasteiger partial charge in [0.15, 0.2) is 6.61 Å². The molecule has 26 heavy (non-hydrogen) atoms. The van der Waals surface area contributed by atoms with Crippen LogP contribution in [0.25, 0.3) is 0 Å². The minimum absolute atomic E-state index is 0.0314.